The standard InChI is InChI=1S/C25H29FN4O4.C2HF3O2/c26-18-6-4-17(5-7-18)22(31)28-21-9-8-19(16-20(21)23(32)33)29-14-10-25(11-15-29,24(27)34)30-12-2-1-3-13-30;3-2(4,5)1(6)7/h4-9,16H,1-3,10-15H2,(H2,27,34)(H,28,31)(H,32,33);(H,6,7). The Kier molecular flexibility index (Phi) is 9.92. The molecule has 0 atom stereocenters. The van der Waals surface area contributed by atoms with Crippen molar-refractivity contribution in [1.82, 2.24) is 4.90 Å². The quantitative estimate of drug-likeness (QED) is 0.376. The molecule has 2 aromatic rings. The van der Waals surface area contributed by atoms with Crippen molar-refractivity contribution >= 4 is 35.1 Å². The zero-order valence-electron chi connectivity index (χ0n) is 21.9. The van der Waals surface area contributed by atoms with Gasteiger partial charge in [0.15, 0.2) is 0 Å². The molecule has 41 heavy (non-hydrogen) atoms. The van der Waals surface area contributed by atoms with Crippen molar-refractivity contribution in [3.8, 4) is 0 Å². The van der Waals surface area contributed by atoms with Crippen LogP contribution in [0.3, 0.4) is 0 Å². The fourth-order valence-corrected chi connectivity index (χ4v) is 4.99. The number of carbonyl (C=O) groups excluding carboxylic acids is 2. The summed E-state index contributed by atoms with van der Waals surface area (Å²) in [5.41, 5.74) is 6.24. The molecule has 2 heterocycles. The van der Waals surface area contributed by atoms with Gasteiger partial charge in [0, 0.05) is 24.3 Å². The van der Waals surface area contributed by atoms with Crippen LogP contribution in [0.1, 0.15) is 52.8 Å². The summed E-state index contributed by atoms with van der Waals surface area (Å²) in [5.74, 6) is -5.21. The largest absolute Gasteiger partial charge is 0.490 e. The zero-order valence-corrected chi connectivity index (χ0v) is 21.9. The maximum absolute atomic E-state index is 13.1. The summed E-state index contributed by atoms with van der Waals surface area (Å²) in [6.07, 6.45) is -0.640. The van der Waals surface area contributed by atoms with E-state index in [1.165, 1.54) is 36.8 Å². The number of carboxylic acids is 2. The maximum atomic E-state index is 13.1. The summed E-state index contributed by atoms with van der Waals surface area (Å²) in [6.45, 7) is 2.88. The van der Waals surface area contributed by atoms with Crippen LogP contribution in [0.5, 0.6) is 0 Å². The van der Waals surface area contributed by atoms with Crippen molar-refractivity contribution in [2.45, 2.75) is 43.8 Å². The molecule has 0 unspecified atom stereocenters. The zero-order chi connectivity index (χ0) is 30.4. The van der Waals surface area contributed by atoms with E-state index in [0.717, 1.165) is 25.9 Å². The van der Waals surface area contributed by atoms with Gasteiger partial charge in [0.05, 0.1) is 11.3 Å². The van der Waals surface area contributed by atoms with Gasteiger partial charge in [-0.1, -0.05) is 6.42 Å². The van der Waals surface area contributed by atoms with Crippen molar-refractivity contribution in [2.75, 3.05) is 36.4 Å². The molecular weight excluding hydrogens is 552 g/mol. The van der Waals surface area contributed by atoms with E-state index >= 15 is 0 Å². The molecule has 4 rings (SSSR count). The lowest BCUT2D eigenvalue weighted by atomic mass is 9.83. The normalized spacial score (nSPS) is 17.1. The highest BCUT2D eigenvalue weighted by molar-refractivity contribution is 6.08. The monoisotopic (exact) mass is 582 g/mol. The Balaban J connectivity index is 0.000000587. The summed E-state index contributed by atoms with van der Waals surface area (Å²) in [4.78, 5) is 50.1. The van der Waals surface area contributed by atoms with Gasteiger partial charge in [0.2, 0.25) is 5.91 Å². The first-order valence-electron chi connectivity index (χ1n) is 12.8. The first-order chi connectivity index (χ1) is 19.2. The van der Waals surface area contributed by atoms with E-state index in [1.807, 2.05) is 4.90 Å². The number of piperidine rings is 2. The van der Waals surface area contributed by atoms with Gasteiger partial charge in [-0.05, 0) is 81.2 Å². The molecule has 0 spiro atoms. The predicted molar refractivity (Wildman–Crippen MR) is 140 cm³/mol. The summed E-state index contributed by atoms with van der Waals surface area (Å²) in [7, 11) is 0. The minimum Gasteiger partial charge on any atom is -0.478 e. The van der Waals surface area contributed by atoms with Gasteiger partial charge in [-0.2, -0.15) is 13.2 Å². The van der Waals surface area contributed by atoms with Crippen LogP contribution in [-0.2, 0) is 9.59 Å². The Morgan fingerprint density at radius 1 is 0.878 bits per heavy atom. The second-order valence-electron chi connectivity index (χ2n) is 9.73. The van der Waals surface area contributed by atoms with Gasteiger partial charge in [-0.3, -0.25) is 14.5 Å². The molecule has 222 valence electrons. The highest BCUT2D eigenvalue weighted by atomic mass is 19.4. The van der Waals surface area contributed by atoms with E-state index in [4.69, 9.17) is 15.6 Å². The number of carboxylic acid groups (broad SMARTS) is 2. The number of primary amides is 1. The molecule has 5 N–H and O–H groups in total. The molecule has 2 aromatic carbocycles. The van der Waals surface area contributed by atoms with Crippen molar-refractivity contribution in [3.63, 3.8) is 0 Å². The number of nitrogens with two attached hydrogens (primary N) is 1. The highest BCUT2D eigenvalue weighted by Gasteiger charge is 2.45. The number of hydrogen-bond donors (Lipinski definition) is 4. The van der Waals surface area contributed by atoms with Gasteiger partial charge in [-0.25, -0.2) is 14.0 Å². The van der Waals surface area contributed by atoms with Crippen LogP contribution in [0.15, 0.2) is 42.5 Å². The molecule has 0 aliphatic carbocycles. The first kappa shape index (κ1) is 31.3. The van der Waals surface area contributed by atoms with Crippen molar-refractivity contribution in [3.05, 3.63) is 59.4 Å². The fraction of sp³-hybridized carbons (Fsp3) is 0.407. The number of anilines is 2. The molecule has 0 radical (unpaired) electrons. The molecule has 2 aliphatic heterocycles. The van der Waals surface area contributed by atoms with Crippen LogP contribution in [0.25, 0.3) is 0 Å². The van der Waals surface area contributed by atoms with E-state index in [0.29, 0.717) is 31.6 Å². The van der Waals surface area contributed by atoms with Crippen LogP contribution < -0.4 is 16.0 Å². The van der Waals surface area contributed by atoms with Crippen molar-refractivity contribution in [2.24, 2.45) is 5.73 Å². The number of aromatic carboxylic acids is 1. The number of hydrogen-bond acceptors (Lipinski definition) is 6. The van der Waals surface area contributed by atoms with E-state index in [9.17, 15) is 37.1 Å². The predicted octanol–water partition coefficient (Wildman–Crippen LogP) is 3.72. The number of carbonyl (C=O) groups is 4. The SMILES string of the molecule is NC(=O)C1(N2CCCCC2)CCN(c2ccc(NC(=O)c3ccc(F)cc3)c(C(=O)O)c2)CC1.O=C(O)C(F)(F)F. The average Bonchev–Trinajstić information content (AvgIpc) is 2.93. The number of nitrogens with zero attached hydrogens (tertiary/aromatic N) is 2. The number of likely N-dealkylation sites (tertiary alicyclic amines) is 1. The number of alkyl halides is 3. The molecular formula is C27H30F4N4O6. The lowest BCUT2D eigenvalue weighted by Crippen LogP contribution is -2.63. The number of amides is 2. The van der Waals surface area contributed by atoms with Crippen molar-refractivity contribution < 1.29 is 47.0 Å². The Bertz CT molecular complexity index is 1270. The Morgan fingerprint density at radius 3 is 1.93 bits per heavy atom. The van der Waals surface area contributed by atoms with Gasteiger partial charge in [-0.15, -0.1) is 0 Å². The number of aliphatic carboxylic acids is 1. The Labute approximate surface area is 232 Å². The Morgan fingerprint density at radius 2 is 1.44 bits per heavy atom. The smallest absolute Gasteiger partial charge is 0.478 e. The molecule has 2 saturated heterocycles. The Hall–Kier alpha value is -4.20. The molecule has 2 aliphatic rings. The summed E-state index contributed by atoms with van der Waals surface area (Å²) in [6, 6.07) is 9.85. The molecule has 10 nitrogen and oxygen atoms in total. The first-order valence-corrected chi connectivity index (χ1v) is 12.8. The third-order valence-electron chi connectivity index (χ3n) is 7.21. The van der Waals surface area contributed by atoms with Crippen LogP contribution >= 0.6 is 0 Å². The lowest BCUT2D eigenvalue weighted by molar-refractivity contribution is -0.192. The van der Waals surface area contributed by atoms with Crippen LogP contribution in [0.2, 0.25) is 0 Å². The lowest BCUT2D eigenvalue weighted by Gasteiger charge is -2.48. The number of halogens is 4. The maximum Gasteiger partial charge on any atom is 0.490 e. The van der Waals surface area contributed by atoms with E-state index < -0.39 is 35.4 Å². The molecule has 0 aromatic heterocycles. The second kappa shape index (κ2) is 13.0. The molecule has 14 heteroatoms. The third-order valence-corrected chi connectivity index (χ3v) is 7.21. The highest BCUT2D eigenvalue weighted by Crippen LogP contribution is 2.34. The van der Waals surface area contributed by atoms with E-state index in [-0.39, 0.29) is 22.7 Å². The molecule has 0 bridgehead atoms. The number of benzene rings is 2. The van der Waals surface area contributed by atoms with Crippen LogP contribution in [0.4, 0.5) is 28.9 Å². The second-order valence-corrected chi connectivity index (χ2v) is 9.73. The van der Waals surface area contributed by atoms with Crippen LogP contribution in [-0.4, -0.2) is 76.8 Å². The molecule has 2 amide bonds. The molecule has 0 saturated carbocycles. The van der Waals surface area contributed by atoms with Gasteiger partial charge in [0.25, 0.3) is 5.91 Å². The van der Waals surface area contributed by atoms with Crippen LogP contribution in [0, 0.1) is 5.82 Å². The number of nitrogens with one attached hydrogen (secondary N) is 1. The topological polar surface area (TPSA) is 153 Å². The molecule has 2 fully saturated rings. The van der Waals surface area contributed by atoms with Gasteiger partial charge in [0.1, 0.15) is 11.4 Å². The fourth-order valence-electron chi connectivity index (χ4n) is 4.99. The minimum atomic E-state index is -5.08. The summed E-state index contributed by atoms with van der Waals surface area (Å²) >= 11 is 0. The summed E-state index contributed by atoms with van der Waals surface area (Å²) < 4.78 is 44.9. The van der Waals surface area contributed by atoms with E-state index in [1.54, 1.807) is 12.1 Å². The minimum absolute atomic E-state index is 0.0456. The third kappa shape index (κ3) is 7.72. The number of rotatable bonds is 6. The van der Waals surface area contributed by atoms with Gasteiger partial charge < -0.3 is 26.2 Å². The summed E-state index contributed by atoms with van der Waals surface area (Å²) in [5, 5.41) is 19.5. The van der Waals surface area contributed by atoms with Gasteiger partial charge >= 0.3 is 18.1 Å². The average molecular weight is 583 g/mol. The van der Waals surface area contributed by atoms with Crippen molar-refractivity contribution in [1.29, 1.82) is 0 Å². The van der Waals surface area contributed by atoms with E-state index in [2.05, 4.69) is 10.2 Å².